The molecule has 1 fully saturated rings. The number of hydrogen-bond acceptors (Lipinski definition) is 3. The summed E-state index contributed by atoms with van der Waals surface area (Å²) in [7, 11) is 0. The van der Waals surface area contributed by atoms with Gasteiger partial charge in [0.25, 0.3) is 5.91 Å². The van der Waals surface area contributed by atoms with Gasteiger partial charge in [-0.2, -0.15) is 0 Å². The molecule has 1 aromatic carbocycles. The molecule has 1 atom stereocenters. The lowest BCUT2D eigenvalue weighted by Crippen LogP contribution is -2.43. The van der Waals surface area contributed by atoms with E-state index in [0.29, 0.717) is 13.2 Å². The van der Waals surface area contributed by atoms with Gasteiger partial charge in [0.1, 0.15) is 0 Å². The number of benzene rings is 1. The van der Waals surface area contributed by atoms with E-state index in [4.69, 9.17) is 4.74 Å². The minimum atomic E-state index is -0.470. The molecule has 92 valence electrons. The number of nitrogens with zero attached hydrogens (tertiary/aromatic N) is 1. The molecule has 2 aromatic rings. The summed E-state index contributed by atoms with van der Waals surface area (Å²) < 4.78 is 5.62. The summed E-state index contributed by atoms with van der Waals surface area (Å²) in [5.74, 6) is 0.0231. The van der Waals surface area contributed by atoms with Gasteiger partial charge in [-0.3, -0.25) is 9.69 Å². The summed E-state index contributed by atoms with van der Waals surface area (Å²) in [5.41, 5.74) is 0.920. The molecule has 1 aliphatic rings. The maximum absolute atomic E-state index is 12.4. The summed E-state index contributed by atoms with van der Waals surface area (Å²) in [6.45, 7) is 1.20. The van der Waals surface area contributed by atoms with Gasteiger partial charge in [0.2, 0.25) is 0 Å². The largest absolute Gasteiger partial charge is 0.362 e. The van der Waals surface area contributed by atoms with E-state index in [-0.39, 0.29) is 5.91 Å². The SMILES string of the molecule is O=C1C(c2ccccc2)OCCN1c1cccs1. The van der Waals surface area contributed by atoms with Gasteiger partial charge < -0.3 is 4.74 Å². The quantitative estimate of drug-likeness (QED) is 0.830. The zero-order valence-corrected chi connectivity index (χ0v) is 10.6. The van der Waals surface area contributed by atoms with Gasteiger partial charge in [0.15, 0.2) is 6.10 Å². The summed E-state index contributed by atoms with van der Waals surface area (Å²) >= 11 is 1.58. The van der Waals surface area contributed by atoms with Crippen LogP contribution in [0.15, 0.2) is 47.8 Å². The van der Waals surface area contributed by atoms with E-state index in [9.17, 15) is 4.79 Å². The molecule has 1 aliphatic heterocycles. The molecule has 3 nitrogen and oxygen atoms in total. The van der Waals surface area contributed by atoms with Crippen molar-refractivity contribution >= 4 is 22.2 Å². The zero-order chi connectivity index (χ0) is 12.4. The number of carbonyl (C=O) groups is 1. The second-order valence-corrected chi connectivity index (χ2v) is 5.03. The van der Waals surface area contributed by atoms with E-state index in [2.05, 4.69) is 0 Å². The second kappa shape index (κ2) is 4.92. The summed E-state index contributed by atoms with van der Waals surface area (Å²) in [6, 6.07) is 13.6. The smallest absolute Gasteiger partial charge is 0.261 e. The Hall–Kier alpha value is -1.65. The molecular formula is C14H13NO2S. The number of hydrogen-bond donors (Lipinski definition) is 0. The number of carbonyl (C=O) groups excluding carboxylic acids is 1. The number of anilines is 1. The van der Waals surface area contributed by atoms with Crippen LogP contribution in [0, 0.1) is 0 Å². The molecule has 0 aliphatic carbocycles. The molecule has 2 heterocycles. The van der Waals surface area contributed by atoms with Crippen molar-refractivity contribution in [1.82, 2.24) is 0 Å². The van der Waals surface area contributed by atoms with Crippen LogP contribution in [0.25, 0.3) is 0 Å². The minimum Gasteiger partial charge on any atom is -0.362 e. The number of ether oxygens (including phenoxy) is 1. The zero-order valence-electron chi connectivity index (χ0n) is 9.78. The van der Waals surface area contributed by atoms with E-state index < -0.39 is 6.10 Å². The highest BCUT2D eigenvalue weighted by atomic mass is 32.1. The molecule has 1 aromatic heterocycles. The van der Waals surface area contributed by atoms with Gasteiger partial charge in [-0.25, -0.2) is 0 Å². The fraction of sp³-hybridized carbons (Fsp3) is 0.214. The Morgan fingerprint density at radius 3 is 2.72 bits per heavy atom. The molecule has 0 saturated carbocycles. The van der Waals surface area contributed by atoms with Crippen molar-refractivity contribution in [2.24, 2.45) is 0 Å². The molecule has 18 heavy (non-hydrogen) atoms. The average molecular weight is 259 g/mol. The van der Waals surface area contributed by atoms with Crippen LogP contribution in [0.2, 0.25) is 0 Å². The van der Waals surface area contributed by atoms with Crippen molar-refractivity contribution < 1.29 is 9.53 Å². The van der Waals surface area contributed by atoms with Crippen molar-refractivity contribution in [2.45, 2.75) is 6.10 Å². The van der Waals surface area contributed by atoms with E-state index >= 15 is 0 Å². The Kier molecular flexibility index (Phi) is 3.13. The molecule has 4 heteroatoms. The van der Waals surface area contributed by atoms with Crippen molar-refractivity contribution in [1.29, 1.82) is 0 Å². The van der Waals surface area contributed by atoms with Crippen LogP contribution in [0.1, 0.15) is 11.7 Å². The molecule has 1 saturated heterocycles. The third kappa shape index (κ3) is 2.05. The van der Waals surface area contributed by atoms with Crippen LogP contribution in [0.5, 0.6) is 0 Å². The molecule has 0 bridgehead atoms. The molecular weight excluding hydrogens is 246 g/mol. The number of amides is 1. The van der Waals surface area contributed by atoms with Gasteiger partial charge in [-0.1, -0.05) is 30.3 Å². The maximum atomic E-state index is 12.4. The van der Waals surface area contributed by atoms with Gasteiger partial charge >= 0.3 is 0 Å². The number of morpholine rings is 1. The standard InChI is InChI=1S/C14H13NO2S/c16-14-13(11-5-2-1-3-6-11)17-9-8-15(14)12-7-4-10-18-12/h1-7,10,13H,8-9H2. The highest BCUT2D eigenvalue weighted by Gasteiger charge is 2.31. The molecule has 1 amide bonds. The van der Waals surface area contributed by atoms with Crippen LogP contribution in [0.3, 0.4) is 0 Å². The Labute approximate surface area is 110 Å². The van der Waals surface area contributed by atoms with Gasteiger partial charge in [0, 0.05) is 0 Å². The van der Waals surface area contributed by atoms with E-state index in [1.54, 1.807) is 11.3 Å². The molecule has 0 spiro atoms. The van der Waals surface area contributed by atoms with Gasteiger partial charge in [-0.05, 0) is 23.1 Å². The first-order chi connectivity index (χ1) is 8.86. The first kappa shape index (κ1) is 11.4. The minimum absolute atomic E-state index is 0.0231. The highest BCUT2D eigenvalue weighted by Crippen LogP contribution is 2.29. The predicted octanol–water partition coefficient (Wildman–Crippen LogP) is 2.85. The van der Waals surface area contributed by atoms with Crippen LogP contribution >= 0.6 is 11.3 Å². The van der Waals surface area contributed by atoms with Crippen LogP contribution in [-0.2, 0) is 9.53 Å². The fourth-order valence-corrected chi connectivity index (χ4v) is 2.86. The molecule has 1 unspecified atom stereocenters. The number of thiophene rings is 1. The second-order valence-electron chi connectivity index (χ2n) is 4.10. The van der Waals surface area contributed by atoms with E-state index in [1.807, 2.05) is 52.7 Å². The summed E-state index contributed by atoms with van der Waals surface area (Å²) in [4.78, 5) is 14.2. The lowest BCUT2D eigenvalue weighted by atomic mass is 10.1. The fourth-order valence-electron chi connectivity index (χ4n) is 2.09. The Bertz CT molecular complexity index is 524. The van der Waals surface area contributed by atoms with E-state index in [1.165, 1.54) is 0 Å². The van der Waals surface area contributed by atoms with Crippen molar-refractivity contribution in [3.8, 4) is 0 Å². The van der Waals surface area contributed by atoms with Crippen LogP contribution in [0.4, 0.5) is 5.00 Å². The van der Waals surface area contributed by atoms with Crippen molar-refractivity contribution in [3.63, 3.8) is 0 Å². The lowest BCUT2D eigenvalue weighted by molar-refractivity contribution is -0.134. The third-order valence-electron chi connectivity index (χ3n) is 2.96. The van der Waals surface area contributed by atoms with Crippen LogP contribution in [-0.4, -0.2) is 19.1 Å². The van der Waals surface area contributed by atoms with Crippen molar-refractivity contribution in [2.75, 3.05) is 18.1 Å². The van der Waals surface area contributed by atoms with Crippen molar-refractivity contribution in [3.05, 3.63) is 53.4 Å². The predicted molar refractivity (Wildman–Crippen MR) is 71.8 cm³/mol. The molecule has 3 rings (SSSR count). The molecule has 0 N–H and O–H groups in total. The maximum Gasteiger partial charge on any atom is 0.261 e. The number of rotatable bonds is 2. The third-order valence-corrected chi connectivity index (χ3v) is 3.86. The first-order valence-electron chi connectivity index (χ1n) is 5.88. The van der Waals surface area contributed by atoms with Gasteiger partial charge in [0.05, 0.1) is 18.2 Å². The topological polar surface area (TPSA) is 29.5 Å². The Morgan fingerprint density at radius 1 is 1.17 bits per heavy atom. The lowest BCUT2D eigenvalue weighted by Gasteiger charge is -2.31. The summed E-state index contributed by atoms with van der Waals surface area (Å²) in [6.07, 6.45) is -0.470. The Balaban J connectivity index is 1.88. The van der Waals surface area contributed by atoms with Gasteiger partial charge in [-0.15, -0.1) is 11.3 Å². The first-order valence-corrected chi connectivity index (χ1v) is 6.75. The van der Waals surface area contributed by atoms with Crippen LogP contribution < -0.4 is 4.90 Å². The monoisotopic (exact) mass is 259 g/mol. The average Bonchev–Trinajstić information content (AvgIpc) is 2.94. The summed E-state index contributed by atoms with van der Waals surface area (Å²) in [5, 5.41) is 2.97. The Morgan fingerprint density at radius 2 is 2.00 bits per heavy atom. The van der Waals surface area contributed by atoms with E-state index in [0.717, 1.165) is 10.6 Å². The molecule has 0 radical (unpaired) electrons. The normalized spacial score (nSPS) is 20.1. The highest BCUT2D eigenvalue weighted by molar-refractivity contribution is 7.14.